The molecule has 1 aromatic carbocycles. The number of guanidine groups is 1. The Kier molecular flexibility index (Phi) is 8.76. The van der Waals surface area contributed by atoms with E-state index in [9.17, 15) is 0 Å². The zero-order valence-electron chi connectivity index (χ0n) is 17.4. The molecule has 6 nitrogen and oxygen atoms in total. The second kappa shape index (κ2) is 11.1. The number of piperazine rings is 1. The highest BCUT2D eigenvalue weighted by Crippen LogP contribution is 2.33. The van der Waals surface area contributed by atoms with Crippen LogP contribution in [0.15, 0.2) is 35.3 Å². The maximum Gasteiger partial charge on any atom is 0.193 e. The first kappa shape index (κ1) is 23.0. The zero-order valence-corrected chi connectivity index (χ0v) is 20.5. The number of benzene rings is 1. The Labute approximate surface area is 196 Å². The molecule has 3 fully saturated rings. The minimum Gasteiger partial charge on any atom is -0.379 e. The van der Waals surface area contributed by atoms with Crippen LogP contribution >= 0.6 is 35.7 Å². The Morgan fingerprint density at radius 2 is 1.83 bits per heavy atom. The number of ether oxygens (including phenoxy) is 1. The van der Waals surface area contributed by atoms with Gasteiger partial charge in [0, 0.05) is 69.8 Å². The molecule has 4 rings (SSSR count). The highest BCUT2D eigenvalue weighted by molar-refractivity contribution is 14.0. The largest absolute Gasteiger partial charge is 0.379 e. The third-order valence-electron chi connectivity index (χ3n) is 6.25. The minimum absolute atomic E-state index is 0. The van der Waals surface area contributed by atoms with E-state index in [1.54, 1.807) is 0 Å². The number of para-hydroxylation sites is 1. The topological polar surface area (TPSA) is 43.3 Å². The second-order valence-corrected chi connectivity index (χ2v) is 8.94. The normalized spacial score (nSPS) is 26.3. The van der Waals surface area contributed by atoms with Gasteiger partial charge < -0.3 is 19.9 Å². The fourth-order valence-electron chi connectivity index (χ4n) is 4.53. The number of rotatable bonds is 4. The molecular weight excluding hydrogens is 497 g/mol. The summed E-state index contributed by atoms with van der Waals surface area (Å²) in [6.07, 6.45) is 1.25. The van der Waals surface area contributed by atoms with Crippen LogP contribution in [0.1, 0.15) is 6.42 Å². The number of nitrogens with zero attached hydrogens (tertiary/aromatic N) is 4. The van der Waals surface area contributed by atoms with Gasteiger partial charge in [-0.1, -0.05) is 18.2 Å². The van der Waals surface area contributed by atoms with E-state index < -0.39 is 0 Å². The van der Waals surface area contributed by atoms with Crippen LogP contribution in [0.25, 0.3) is 0 Å². The highest BCUT2D eigenvalue weighted by Gasteiger charge is 2.41. The van der Waals surface area contributed by atoms with Crippen LogP contribution in [0.4, 0.5) is 5.69 Å². The Morgan fingerprint density at radius 1 is 1.10 bits per heavy atom. The molecule has 3 aliphatic heterocycles. The number of aliphatic imine (C=N–C) groups is 1. The number of hydrogen-bond donors (Lipinski definition) is 1. The molecule has 0 aliphatic carbocycles. The molecule has 1 unspecified atom stereocenters. The van der Waals surface area contributed by atoms with Gasteiger partial charge in [-0.15, -0.1) is 24.0 Å². The molecule has 1 aromatic rings. The van der Waals surface area contributed by atoms with Crippen molar-refractivity contribution in [2.24, 2.45) is 4.99 Å². The lowest BCUT2D eigenvalue weighted by atomic mass is 9.95. The summed E-state index contributed by atoms with van der Waals surface area (Å²) in [5.74, 6) is 3.52. The van der Waals surface area contributed by atoms with E-state index in [1.165, 1.54) is 23.6 Å². The van der Waals surface area contributed by atoms with Crippen LogP contribution in [0.5, 0.6) is 0 Å². The van der Waals surface area contributed by atoms with E-state index in [-0.39, 0.29) is 29.5 Å². The third kappa shape index (κ3) is 5.51. The smallest absolute Gasteiger partial charge is 0.193 e. The molecule has 162 valence electrons. The maximum absolute atomic E-state index is 5.59. The van der Waals surface area contributed by atoms with Gasteiger partial charge in [0.2, 0.25) is 0 Å². The van der Waals surface area contributed by atoms with Gasteiger partial charge in [-0.05, 0) is 24.3 Å². The van der Waals surface area contributed by atoms with E-state index in [1.807, 2.05) is 7.05 Å². The first-order chi connectivity index (χ1) is 13.8. The van der Waals surface area contributed by atoms with Gasteiger partial charge >= 0.3 is 0 Å². The van der Waals surface area contributed by atoms with Gasteiger partial charge in [-0.3, -0.25) is 9.89 Å². The Morgan fingerprint density at radius 3 is 2.45 bits per heavy atom. The molecule has 3 saturated heterocycles. The summed E-state index contributed by atoms with van der Waals surface area (Å²) in [6, 6.07) is 10.7. The number of nitrogens with one attached hydrogen (secondary N) is 1. The van der Waals surface area contributed by atoms with Crippen LogP contribution in [-0.4, -0.2) is 98.9 Å². The molecule has 0 spiro atoms. The first-order valence-corrected chi connectivity index (χ1v) is 11.6. The van der Waals surface area contributed by atoms with E-state index >= 15 is 0 Å². The first-order valence-electron chi connectivity index (χ1n) is 10.5. The molecule has 3 aliphatic rings. The van der Waals surface area contributed by atoms with Crippen LogP contribution < -0.4 is 10.2 Å². The summed E-state index contributed by atoms with van der Waals surface area (Å²) in [7, 11) is 1.91. The van der Waals surface area contributed by atoms with Gasteiger partial charge in [-0.2, -0.15) is 11.8 Å². The van der Waals surface area contributed by atoms with Crippen LogP contribution in [-0.2, 0) is 4.74 Å². The zero-order chi connectivity index (χ0) is 19.2. The van der Waals surface area contributed by atoms with Crippen molar-refractivity contribution in [2.75, 3.05) is 82.5 Å². The van der Waals surface area contributed by atoms with Crippen molar-refractivity contribution in [2.45, 2.75) is 12.0 Å². The Bertz CT molecular complexity index is 642. The molecule has 0 radical (unpaired) electrons. The van der Waals surface area contributed by atoms with Crippen molar-refractivity contribution in [3.63, 3.8) is 0 Å². The van der Waals surface area contributed by atoms with Crippen molar-refractivity contribution >= 4 is 47.4 Å². The molecule has 0 saturated carbocycles. The molecular formula is C21H34IN5OS. The fraction of sp³-hybridized carbons (Fsp3) is 0.667. The Balaban J connectivity index is 0.00000240. The number of hydrogen-bond acceptors (Lipinski definition) is 5. The average Bonchev–Trinajstić information content (AvgIpc) is 3.26. The number of thioether (sulfide) groups is 1. The van der Waals surface area contributed by atoms with E-state index in [0.717, 1.165) is 65.0 Å². The highest BCUT2D eigenvalue weighted by atomic mass is 127. The maximum atomic E-state index is 5.59. The van der Waals surface area contributed by atoms with E-state index in [2.05, 4.69) is 67.1 Å². The number of morpholine rings is 1. The van der Waals surface area contributed by atoms with Crippen LogP contribution in [0, 0.1) is 0 Å². The predicted molar refractivity (Wildman–Crippen MR) is 134 cm³/mol. The van der Waals surface area contributed by atoms with Gasteiger partial charge in [0.05, 0.1) is 13.2 Å². The van der Waals surface area contributed by atoms with Crippen molar-refractivity contribution in [3.05, 3.63) is 30.3 Å². The van der Waals surface area contributed by atoms with Gasteiger partial charge in [0.25, 0.3) is 0 Å². The van der Waals surface area contributed by atoms with Crippen molar-refractivity contribution in [3.8, 4) is 0 Å². The molecule has 1 N–H and O–H groups in total. The molecule has 0 amide bonds. The fourth-order valence-corrected chi connectivity index (χ4v) is 6.00. The quantitative estimate of drug-likeness (QED) is 0.365. The van der Waals surface area contributed by atoms with E-state index in [4.69, 9.17) is 4.74 Å². The van der Waals surface area contributed by atoms with Crippen LogP contribution in [0.2, 0.25) is 0 Å². The summed E-state index contributed by atoms with van der Waals surface area (Å²) in [6.45, 7) is 8.90. The van der Waals surface area contributed by atoms with Gasteiger partial charge in [-0.25, -0.2) is 0 Å². The van der Waals surface area contributed by atoms with Crippen molar-refractivity contribution in [1.82, 2.24) is 15.1 Å². The molecule has 8 heteroatoms. The molecule has 29 heavy (non-hydrogen) atoms. The summed E-state index contributed by atoms with van der Waals surface area (Å²) >= 11 is 2.08. The lowest BCUT2D eigenvalue weighted by molar-refractivity contribution is -0.0121. The molecule has 1 atom stereocenters. The number of anilines is 1. The summed E-state index contributed by atoms with van der Waals surface area (Å²) in [5, 5.41) is 3.74. The predicted octanol–water partition coefficient (Wildman–Crippen LogP) is 2.21. The minimum atomic E-state index is 0. The lowest BCUT2D eigenvalue weighted by Crippen LogP contribution is -2.61. The number of halogens is 1. The standard InChI is InChI=1S/C21H33N5OS.HI/c1-22-20(25-10-8-24(9-11-25)19-5-3-2-4-6-19)23-17-21(7-16-28-18-21)26-12-14-27-15-13-26;/h2-6H,7-18H2,1H3,(H,22,23);1H. The molecule has 3 heterocycles. The van der Waals surface area contributed by atoms with Gasteiger partial charge in [0.15, 0.2) is 5.96 Å². The summed E-state index contributed by atoms with van der Waals surface area (Å²) in [4.78, 5) is 12.1. The van der Waals surface area contributed by atoms with Crippen molar-refractivity contribution < 1.29 is 4.74 Å². The third-order valence-corrected chi connectivity index (χ3v) is 7.49. The second-order valence-electron chi connectivity index (χ2n) is 7.84. The summed E-state index contributed by atoms with van der Waals surface area (Å²) in [5.41, 5.74) is 1.57. The van der Waals surface area contributed by atoms with E-state index in [0.29, 0.717) is 0 Å². The van der Waals surface area contributed by atoms with Crippen LogP contribution in [0.3, 0.4) is 0 Å². The monoisotopic (exact) mass is 531 g/mol. The molecule has 0 bridgehead atoms. The Hall–Kier alpha value is -0.710. The summed E-state index contributed by atoms with van der Waals surface area (Å²) < 4.78 is 5.59. The average molecular weight is 532 g/mol. The molecule has 0 aromatic heterocycles. The van der Waals surface area contributed by atoms with Crippen molar-refractivity contribution in [1.29, 1.82) is 0 Å². The van der Waals surface area contributed by atoms with Gasteiger partial charge in [0.1, 0.15) is 0 Å². The SMILES string of the molecule is CN=C(NCC1(N2CCOCC2)CCSC1)N1CCN(c2ccccc2)CC1.I. The lowest BCUT2D eigenvalue weighted by Gasteiger charge is -2.44.